The SMILES string of the molecule is CNC(=O)c1ccc(N2CCN(Cc3cc4[nH]c(=O)n(C)c(=O)c4s3)CC2)c(F)c1. The molecule has 0 spiro atoms. The Morgan fingerprint density at radius 1 is 1.20 bits per heavy atom. The van der Waals surface area contributed by atoms with E-state index in [1.54, 1.807) is 12.1 Å². The van der Waals surface area contributed by atoms with Crippen LogP contribution >= 0.6 is 11.3 Å². The Hall–Kier alpha value is -2.98. The molecule has 3 heterocycles. The number of nitrogens with zero attached hydrogens (tertiary/aromatic N) is 3. The van der Waals surface area contributed by atoms with E-state index in [9.17, 15) is 18.8 Å². The molecule has 4 rings (SSSR count). The van der Waals surface area contributed by atoms with Crippen molar-refractivity contribution in [2.75, 3.05) is 38.1 Å². The average Bonchev–Trinajstić information content (AvgIpc) is 3.14. The normalized spacial score (nSPS) is 15.0. The lowest BCUT2D eigenvalue weighted by molar-refractivity contribution is 0.0962. The van der Waals surface area contributed by atoms with E-state index in [0.29, 0.717) is 41.1 Å². The Labute approximate surface area is 175 Å². The van der Waals surface area contributed by atoms with Crippen molar-refractivity contribution in [2.45, 2.75) is 6.54 Å². The molecule has 1 saturated heterocycles. The highest BCUT2D eigenvalue weighted by molar-refractivity contribution is 7.18. The summed E-state index contributed by atoms with van der Waals surface area (Å²) in [6.45, 7) is 3.44. The number of carbonyl (C=O) groups excluding carboxylic acids is 1. The summed E-state index contributed by atoms with van der Waals surface area (Å²) in [5, 5.41) is 2.49. The van der Waals surface area contributed by atoms with Crippen molar-refractivity contribution in [1.82, 2.24) is 19.8 Å². The summed E-state index contributed by atoms with van der Waals surface area (Å²) in [7, 11) is 2.97. The van der Waals surface area contributed by atoms with E-state index in [0.717, 1.165) is 22.5 Å². The molecule has 1 aliphatic heterocycles. The number of rotatable bonds is 4. The number of amides is 1. The van der Waals surface area contributed by atoms with Crippen LogP contribution in [0, 0.1) is 5.82 Å². The van der Waals surface area contributed by atoms with Gasteiger partial charge >= 0.3 is 5.69 Å². The quantitative estimate of drug-likeness (QED) is 0.646. The highest BCUT2D eigenvalue weighted by Gasteiger charge is 2.21. The summed E-state index contributed by atoms with van der Waals surface area (Å²) in [6.07, 6.45) is 0. The van der Waals surface area contributed by atoms with Crippen LogP contribution in [-0.4, -0.2) is 53.6 Å². The molecule has 0 bridgehead atoms. The third-order valence-electron chi connectivity index (χ3n) is 5.36. The number of hydrogen-bond donors (Lipinski definition) is 2. The molecular weight excluding hydrogens is 409 g/mol. The number of anilines is 1. The van der Waals surface area contributed by atoms with Crippen molar-refractivity contribution in [3.05, 3.63) is 61.4 Å². The molecule has 2 N–H and O–H groups in total. The van der Waals surface area contributed by atoms with Crippen LogP contribution in [0.2, 0.25) is 0 Å². The predicted molar refractivity (Wildman–Crippen MR) is 115 cm³/mol. The van der Waals surface area contributed by atoms with Gasteiger partial charge in [0.15, 0.2) is 0 Å². The Morgan fingerprint density at radius 2 is 1.93 bits per heavy atom. The number of thiophene rings is 1. The molecule has 1 aromatic carbocycles. The van der Waals surface area contributed by atoms with Crippen LogP contribution < -0.4 is 21.5 Å². The van der Waals surface area contributed by atoms with Crippen molar-refractivity contribution in [2.24, 2.45) is 7.05 Å². The van der Waals surface area contributed by atoms with Crippen molar-refractivity contribution < 1.29 is 9.18 Å². The van der Waals surface area contributed by atoms with Crippen molar-refractivity contribution in [3.63, 3.8) is 0 Å². The van der Waals surface area contributed by atoms with Gasteiger partial charge in [0.1, 0.15) is 10.5 Å². The molecule has 3 aromatic rings. The lowest BCUT2D eigenvalue weighted by Crippen LogP contribution is -2.46. The monoisotopic (exact) mass is 431 g/mol. The van der Waals surface area contributed by atoms with E-state index < -0.39 is 11.5 Å². The second-order valence-electron chi connectivity index (χ2n) is 7.26. The molecule has 0 aliphatic carbocycles. The van der Waals surface area contributed by atoms with Gasteiger partial charge in [-0.3, -0.25) is 19.1 Å². The highest BCUT2D eigenvalue weighted by Crippen LogP contribution is 2.25. The van der Waals surface area contributed by atoms with Crippen molar-refractivity contribution >= 4 is 33.1 Å². The lowest BCUT2D eigenvalue weighted by Gasteiger charge is -2.36. The first kappa shape index (κ1) is 20.3. The fraction of sp³-hybridized carbons (Fsp3) is 0.350. The number of aromatic nitrogens is 2. The fourth-order valence-electron chi connectivity index (χ4n) is 3.63. The molecule has 158 valence electrons. The van der Waals surface area contributed by atoms with E-state index in [1.165, 1.54) is 31.5 Å². The van der Waals surface area contributed by atoms with Gasteiger partial charge in [-0.25, -0.2) is 9.18 Å². The first-order valence-electron chi connectivity index (χ1n) is 9.58. The van der Waals surface area contributed by atoms with Crippen molar-refractivity contribution in [3.8, 4) is 0 Å². The van der Waals surface area contributed by atoms with Crippen LogP contribution in [-0.2, 0) is 13.6 Å². The zero-order valence-corrected chi connectivity index (χ0v) is 17.5. The smallest absolute Gasteiger partial charge is 0.328 e. The standard InChI is InChI=1S/C20H22FN5O3S/c1-22-18(27)12-3-4-16(14(21)9-12)26-7-5-25(6-8-26)11-13-10-15-17(30-13)19(28)24(2)20(29)23-15/h3-4,9-10H,5-8,11H2,1-2H3,(H,22,27)(H,23,29). The molecule has 0 radical (unpaired) electrons. The van der Waals surface area contributed by atoms with Gasteiger partial charge in [-0.1, -0.05) is 0 Å². The number of fused-ring (bicyclic) bond motifs is 1. The summed E-state index contributed by atoms with van der Waals surface area (Å²) >= 11 is 1.39. The maximum absolute atomic E-state index is 14.5. The van der Waals surface area contributed by atoms with Crippen LogP contribution in [0.25, 0.3) is 10.2 Å². The summed E-state index contributed by atoms with van der Waals surface area (Å²) in [5.74, 6) is -0.723. The van der Waals surface area contributed by atoms with Crippen LogP contribution in [0.5, 0.6) is 0 Å². The first-order valence-corrected chi connectivity index (χ1v) is 10.4. The number of aromatic amines is 1. The topological polar surface area (TPSA) is 90.4 Å². The molecule has 8 nitrogen and oxygen atoms in total. The molecular formula is C20H22FN5O3S. The maximum atomic E-state index is 14.5. The number of benzene rings is 1. The van der Waals surface area contributed by atoms with Gasteiger partial charge in [0, 0.05) is 57.3 Å². The van der Waals surface area contributed by atoms with Crippen LogP contribution in [0.4, 0.5) is 10.1 Å². The highest BCUT2D eigenvalue weighted by atomic mass is 32.1. The van der Waals surface area contributed by atoms with E-state index in [2.05, 4.69) is 15.2 Å². The van der Waals surface area contributed by atoms with Crippen LogP contribution in [0.1, 0.15) is 15.2 Å². The Bertz CT molecular complexity index is 1220. The molecule has 30 heavy (non-hydrogen) atoms. The summed E-state index contributed by atoms with van der Waals surface area (Å²) in [5.41, 5.74) is 0.650. The summed E-state index contributed by atoms with van der Waals surface area (Å²) in [4.78, 5) is 43.6. The number of nitrogens with one attached hydrogen (secondary N) is 2. The van der Waals surface area contributed by atoms with Gasteiger partial charge in [0.2, 0.25) is 0 Å². The molecule has 1 amide bonds. The van der Waals surface area contributed by atoms with Gasteiger partial charge in [-0.05, 0) is 24.3 Å². The summed E-state index contributed by atoms with van der Waals surface area (Å²) in [6, 6.07) is 6.39. The van der Waals surface area contributed by atoms with Gasteiger partial charge in [0.05, 0.1) is 11.2 Å². The third kappa shape index (κ3) is 3.75. The molecule has 1 aliphatic rings. The number of hydrogen-bond acceptors (Lipinski definition) is 6. The molecule has 10 heteroatoms. The fourth-order valence-corrected chi connectivity index (χ4v) is 4.76. The minimum atomic E-state index is -0.421. The second-order valence-corrected chi connectivity index (χ2v) is 8.40. The van der Waals surface area contributed by atoms with E-state index >= 15 is 0 Å². The minimum absolute atomic E-state index is 0.287. The molecule has 0 atom stereocenters. The Kier molecular flexibility index (Phi) is 5.44. The number of halogens is 1. The first-order chi connectivity index (χ1) is 14.4. The van der Waals surface area contributed by atoms with E-state index in [4.69, 9.17) is 0 Å². The maximum Gasteiger partial charge on any atom is 0.328 e. The third-order valence-corrected chi connectivity index (χ3v) is 6.47. The Balaban J connectivity index is 1.43. The number of carbonyl (C=O) groups is 1. The lowest BCUT2D eigenvalue weighted by atomic mass is 10.1. The van der Waals surface area contributed by atoms with Gasteiger partial charge < -0.3 is 15.2 Å². The second kappa shape index (κ2) is 8.04. The summed E-state index contributed by atoms with van der Waals surface area (Å²) < 4.78 is 16.1. The molecule has 1 fully saturated rings. The number of H-pyrrole nitrogens is 1. The molecule has 2 aromatic heterocycles. The zero-order chi connectivity index (χ0) is 21.4. The number of piperazine rings is 1. The van der Waals surface area contributed by atoms with E-state index in [-0.39, 0.29) is 11.5 Å². The zero-order valence-electron chi connectivity index (χ0n) is 16.7. The molecule has 0 unspecified atom stereocenters. The van der Waals surface area contributed by atoms with Crippen molar-refractivity contribution in [1.29, 1.82) is 0 Å². The largest absolute Gasteiger partial charge is 0.367 e. The van der Waals surface area contributed by atoms with Gasteiger partial charge in [-0.2, -0.15) is 0 Å². The van der Waals surface area contributed by atoms with Crippen LogP contribution in [0.15, 0.2) is 33.9 Å². The predicted octanol–water partition coefficient (Wildman–Crippen LogP) is 1.11. The minimum Gasteiger partial charge on any atom is -0.367 e. The average molecular weight is 431 g/mol. The van der Waals surface area contributed by atoms with Crippen LogP contribution in [0.3, 0.4) is 0 Å². The van der Waals surface area contributed by atoms with E-state index in [1.807, 2.05) is 11.0 Å². The van der Waals surface area contributed by atoms with Gasteiger partial charge in [0.25, 0.3) is 11.5 Å². The Morgan fingerprint density at radius 3 is 2.60 bits per heavy atom. The molecule has 0 saturated carbocycles. The van der Waals surface area contributed by atoms with Gasteiger partial charge in [-0.15, -0.1) is 11.3 Å².